The molecule has 2 aliphatic heterocycles. The second-order valence-corrected chi connectivity index (χ2v) is 5.05. The van der Waals surface area contributed by atoms with Crippen LogP contribution in [0.2, 0.25) is 0 Å². The van der Waals surface area contributed by atoms with Crippen molar-refractivity contribution in [1.82, 2.24) is 10.2 Å². The van der Waals surface area contributed by atoms with Crippen LogP contribution in [0.1, 0.15) is 17.5 Å². The van der Waals surface area contributed by atoms with Gasteiger partial charge in [-0.25, -0.2) is 0 Å². The molecule has 1 fully saturated rings. The summed E-state index contributed by atoms with van der Waals surface area (Å²) in [4.78, 5) is 2.53. The van der Waals surface area contributed by atoms with E-state index >= 15 is 0 Å². The van der Waals surface area contributed by atoms with E-state index in [0.717, 1.165) is 25.3 Å². The molecule has 0 bridgehead atoms. The van der Waals surface area contributed by atoms with E-state index in [1.165, 1.54) is 30.6 Å². The molecule has 18 heavy (non-hydrogen) atoms. The van der Waals surface area contributed by atoms with Gasteiger partial charge in [0.25, 0.3) is 0 Å². The first-order valence-corrected chi connectivity index (χ1v) is 6.49. The molecule has 3 rings (SSSR count). The fraction of sp³-hybridized carbons (Fsp3) is 0.571. The van der Waals surface area contributed by atoms with Crippen LogP contribution < -0.4 is 10.1 Å². The Bertz CT molecular complexity index is 411. The summed E-state index contributed by atoms with van der Waals surface area (Å²) in [6.07, 6.45) is 2.34. The van der Waals surface area contributed by atoms with Crippen molar-refractivity contribution >= 4 is 12.4 Å². The molecule has 0 amide bonds. The van der Waals surface area contributed by atoms with Gasteiger partial charge in [-0.1, -0.05) is 12.1 Å². The van der Waals surface area contributed by atoms with Crippen LogP contribution in [-0.2, 0) is 13.0 Å². The van der Waals surface area contributed by atoms with Crippen molar-refractivity contribution in [3.8, 4) is 5.75 Å². The molecule has 0 saturated carbocycles. The van der Waals surface area contributed by atoms with Crippen LogP contribution in [-0.4, -0.2) is 37.7 Å². The van der Waals surface area contributed by atoms with Gasteiger partial charge in [-0.05, 0) is 30.7 Å². The van der Waals surface area contributed by atoms with Crippen LogP contribution in [0.4, 0.5) is 0 Å². The molecule has 1 aromatic rings. The largest absolute Gasteiger partial charge is 0.493 e. The highest BCUT2D eigenvalue weighted by atomic mass is 35.5. The van der Waals surface area contributed by atoms with Gasteiger partial charge >= 0.3 is 0 Å². The maximum Gasteiger partial charge on any atom is 0.122 e. The van der Waals surface area contributed by atoms with Gasteiger partial charge in [0.1, 0.15) is 5.75 Å². The van der Waals surface area contributed by atoms with Crippen LogP contribution in [0.15, 0.2) is 18.2 Å². The van der Waals surface area contributed by atoms with E-state index in [1.54, 1.807) is 0 Å². The molecule has 1 aromatic carbocycles. The van der Waals surface area contributed by atoms with Crippen LogP contribution >= 0.6 is 12.4 Å². The summed E-state index contributed by atoms with van der Waals surface area (Å²) in [7, 11) is 2.06. The summed E-state index contributed by atoms with van der Waals surface area (Å²) in [6, 6.07) is 7.32. The van der Waals surface area contributed by atoms with Crippen LogP contribution in [0.25, 0.3) is 0 Å². The minimum Gasteiger partial charge on any atom is -0.493 e. The van der Waals surface area contributed by atoms with Crippen molar-refractivity contribution in [2.45, 2.75) is 25.4 Å². The van der Waals surface area contributed by atoms with E-state index in [9.17, 15) is 0 Å². The summed E-state index contributed by atoms with van der Waals surface area (Å²) in [5.41, 5.74) is 2.80. The van der Waals surface area contributed by atoms with Gasteiger partial charge in [0.2, 0.25) is 0 Å². The van der Waals surface area contributed by atoms with E-state index in [-0.39, 0.29) is 12.4 Å². The second kappa shape index (κ2) is 5.91. The Kier molecular flexibility index (Phi) is 4.49. The predicted molar refractivity (Wildman–Crippen MR) is 75.6 cm³/mol. The van der Waals surface area contributed by atoms with Gasteiger partial charge in [-0.3, -0.25) is 4.90 Å². The van der Waals surface area contributed by atoms with Crippen molar-refractivity contribution in [3.63, 3.8) is 0 Å². The van der Waals surface area contributed by atoms with E-state index in [2.05, 4.69) is 35.5 Å². The number of fused-ring (bicyclic) bond motifs is 1. The zero-order chi connectivity index (χ0) is 11.7. The molecule has 1 saturated heterocycles. The average Bonchev–Trinajstić information content (AvgIpc) is 2.96. The minimum absolute atomic E-state index is 0. The Labute approximate surface area is 115 Å². The number of likely N-dealkylation sites (tertiary alicyclic amines) is 1. The van der Waals surface area contributed by atoms with E-state index in [4.69, 9.17) is 4.74 Å². The summed E-state index contributed by atoms with van der Waals surface area (Å²) in [5.74, 6) is 1.09. The Morgan fingerprint density at radius 3 is 3.11 bits per heavy atom. The highest BCUT2D eigenvalue weighted by Crippen LogP contribution is 2.26. The Morgan fingerprint density at radius 2 is 2.33 bits per heavy atom. The second-order valence-electron chi connectivity index (χ2n) is 5.05. The van der Waals surface area contributed by atoms with Crippen molar-refractivity contribution in [3.05, 3.63) is 29.3 Å². The molecule has 100 valence electrons. The standard InChI is InChI=1S/C14H20N2O.ClH/c1-15-13-4-6-16(10-13)9-11-2-3-14-12(8-11)5-7-17-14;/h2-3,8,13,15H,4-7,9-10H2,1H3;1H. The molecule has 0 aromatic heterocycles. The first kappa shape index (κ1) is 13.7. The van der Waals surface area contributed by atoms with Gasteiger partial charge < -0.3 is 10.1 Å². The molecule has 1 unspecified atom stereocenters. The number of benzene rings is 1. The molecule has 4 heteroatoms. The highest BCUT2D eigenvalue weighted by Gasteiger charge is 2.21. The van der Waals surface area contributed by atoms with Crippen molar-refractivity contribution < 1.29 is 4.74 Å². The van der Waals surface area contributed by atoms with Crippen LogP contribution in [0.3, 0.4) is 0 Å². The molecule has 0 radical (unpaired) electrons. The lowest BCUT2D eigenvalue weighted by Crippen LogP contribution is -2.29. The SMILES string of the molecule is CNC1CCN(Cc2ccc3c(c2)CCO3)C1.Cl. The molecule has 0 aliphatic carbocycles. The molecule has 3 nitrogen and oxygen atoms in total. The number of nitrogens with one attached hydrogen (secondary N) is 1. The maximum atomic E-state index is 5.53. The molecule has 1 N–H and O–H groups in total. The van der Waals surface area contributed by atoms with E-state index < -0.39 is 0 Å². The van der Waals surface area contributed by atoms with Gasteiger partial charge in [0, 0.05) is 32.1 Å². The first-order valence-electron chi connectivity index (χ1n) is 6.49. The zero-order valence-corrected chi connectivity index (χ0v) is 11.6. The maximum absolute atomic E-state index is 5.53. The van der Waals surface area contributed by atoms with Gasteiger partial charge in [0.15, 0.2) is 0 Å². The van der Waals surface area contributed by atoms with Crippen molar-refractivity contribution in [1.29, 1.82) is 0 Å². The molecule has 0 spiro atoms. The summed E-state index contributed by atoms with van der Waals surface area (Å²) in [6.45, 7) is 4.30. The topological polar surface area (TPSA) is 24.5 Å². The Morgan fingerprint density at radius 1 is 1.44 bits per heavy atom. The third kappa shape index (κ3) is 2.79. The average molecular weight is 269 g/mol. The third-order valence-corrected chi connectivity index (χ3v) is 3.84. The molecular formula is C14H21ClN2O. The predicted octanol–water partition coefficient (Wildman–Crippen LogP) is 1.84. The number of nitrogens with zero attached hydrogens (tertiary/aromatic N) is 1. The van der Waals surface area contributed by atoms with Crippen molar-refractivity contribution in [2.75, 3.05) is 26.7 Å². The molecule has 1 atom stereocenters. The fourth-order valence-electron chi connectivity index (χ4n) is 2.81. The molecule has 2 aliphatic rings. The third-order valence-electron chi connectivity index (χ3n) is 3.84. The Balaban J connectivity index is 0.00000120. The lowest BCUT2D eigenvalue weighted by molar-refractivity contribution is 0.322. The molecular weight excluding hydrogens is 248 g/mol. The van der Waals surface area contributed by atoms with Gasteiger partial charge in [-0.15, -0.1) is 12.4 Å². The number of ether oxygens (including phenoxy) is 1. The van der Waals surface area contributed by atoms with Crippen LogP contribution in [0, 0.1) is 0 Å². The number of hydrogen-bond donors (Lipinski definition) is 1. The Hall–Kier alpha value is -0.770. The summed E-state index contributed by atoms with van der Waals surface area (Å²) >= 11 is 0. The van der Waals surface area contributed by atoms with E-state index in [1.807, 2.05) is 0 Å². The van der Waals surface area contributed by atoms with Gasteiger partial charge in [0.05, 0.1) is 6.61 Å². The van der Waals surface area contributed by atoms with Gasteiger partial charge in [-0.2, -0.15) is 0 Å². The highest BCUT2D eigenvalue weighted by molar-refractivity contribution is 5.85. The monoisotopic (exact) mass is 268 g/mol. The van der Waals surface area contributed by atoms with Crippen LogP contribution in [0.5, 0.6) is 5.75 Å². The lowest BCUT2D eigenvalue weighted by atomic mass is 10.1. The summed E-state index contributed by atoms with van der Waals surface area (Å²) < 4.78 is 5.53. The van der Waals surface area contributed by atoms with Crippen molar-refractivity contribution in [2.24, 2.45) is 0 Å². The number of halogens is 1. The number of rotatable bonds is 3. The lowest BCUT2D eigenvalue weighted by Gasteiger charge is -2.16. The minimum atomic E-state index is 0. The quantitative estimate of drug-likeness (QED) is 0.905. The fourth-order valence-corrected chi connectivity index (χ4v) is 2.81. The first-order chi connectivity index (χ1) is 8.35. The molecule has 2 heterocycles. The normalized spacial score (nSPS) is 22.4. The smallest absolute Gasteiger partial charge is 0.122 e. The summed E-state index contributed by atoms with van der Waals surface area (Å²) in [5, 5.41) is 3.36. The zero-order valence-electron chi connectivity index (χ0n) is 10.8. The number of likely N-dealkylation sites (N-methyl/N-ethyl adjacent to an activating group) is 1. The number of hydrogen-bond acceptors (Lipinski definition) is 3. The van der Waals surface area contributed by atoms with E-state index in [0.29, 0.717) is 6.04 Å².